The van der Waals surface area contributed by atoms with Crippen LogP contribution in [0.15, 0.2) is 207 Å². The van der Waals surface area contributed by atoms with E-state index in [2.05, 4.69) is 158 Å². The average Bonchev–Trinajstić information content (AvgIpc) is 3.14. The molecule has 0 amide bonds. The molecule has 0 aromatic heterocycles. The van der Waals surface area contributed by atoms with Crippen molar-refractivity contribution in [3.63, 3.8) is 0 Å². The number of aliphatic hydroxyl groups is 4. The lowest BCUT2D eigenvalue weighted by Crippen LogP contribution is -1.85. The Kier molecular flexibility index (Phi) is 3160. The number of rotatable bonds is 2. The molecule has 0 aliphatic heterocycles. The second-order valence-corrected chi connectivity index (χ2v) is 4.16. The van der Waals surface area contributed by atoms with Crippen molar-refractivity contribution in [2.75, 3.05) is 26.4 Å². The summed E-state index contributed by atoms with van der Waals surface area (Å²) < 4.78 is 0. The molecule has 4 nitrogen and oxygen atoms in total. The summed E-state index contributed by atoms with van der Waals surface area (Å²) in [6.07, 6.45) is 14.0. The van der Waals surface area contributed by atoms with Crippen molar-refractivity contribution >= 4 is 0 Å². The molecule has 0 unspecified atom stereocenters. The molecule has 0 heterocycles. The molecule has 0 aromatic carbocycles. The van der Waals surface area contributed by atoms with Crippen LogP contribution in [0.3, 0.4) is 0 Å². The number of hydrogen-bond acceptors (Lipinski definition) is 4. The van der Waals surface area contributed by atoms with E-state index in [0.29, 0.717) is 0 Å². The van der Waals surface area contributed by atoms with Gasteiger partial charge < -0.3 is 20.4 Å². The van der Waals surface area contributed by atoms with Gasteiger partial charge in [-0.3, -0.25) is 0 Å². The highest BCUT2D eigenvalue weighted by atomic mass is 16.3. The molecule has 0 atom stereocenters. The molecular weight excluding hydrogens is 592 g/mol. The van der Waals surface area contributed by atoms with Crippen molar-refractivity contribution in [3.05, 3.63) is 207 Å². The Hall–Kier alpha value is -4.32. The highest BCUT2D eigenvalue weighted by molar-refractivity contribution is 4.53. The molecular formula is C44H92O4. The molecule has 48 heavy (non-hydrogen) atoms. The molecule has 0 aliphatic rings. The Bertz CT molecular complexity index is 272. The van der Waals surface area contributed by atoms with E-state index in [1.807, 2.05) is 55.4 Å². The molecule has 0 bridgehead atoms. The van der Waals surface area contributed by atoms with Crippen LogP contribution in [0, 0.1) is 0 Å². The summed E-state index contributed by atoms with van der Waals surface area (Å²) in [4.78, 5) is 0. The van der Waals surface area contributed by atoms with E-state index in [1.54, 1.807) is 48.6 Å². The van der Waals surface area contributed by atoms with Crippen molar-refractivity contribution < 1.29 is 20.4 Å². The zero-order valence-electron chi connectivity index (χ0n) is 34.2. The maximum atomic E-state index is 7.62. The van der Waals surface area contributed by atoms with Gasteiger partial charge in [0.15, 0.2) is 0 Å². The first-order chi connectivity index (χ1) is 23.1. The average molecular weight is 685 g/mol. The van der Waals surface area contributed by atoms with Gasteiger partial charge in [0.25, 0.3) is 0 Å². The third-order valence-corrected chi connectivity index (χ3v) is 0.200. The summed E-state index contributed by atoms with van der Waals surface area (Å²) in [7, 11) is 0. The molecule has 4 N–H and O–H groups in total. The van der Waals surface area contributed by atoms with Gasteiger partial charge in [-0.25, -0.2) is 0 Å². The van der Waals surface area contributed by atoms with E-state index >= 15 is 0 Å². The number of hydrogen-bond donors (Lipinski definition) is 4. The predicted octanol–water partition coefficient (Wildman–Crippen LogP) is 13.9. The van der Waals surface area contributed by atoms with Crippen LogP contribution in [-0.2, 0) is 0 Å². The van der Waals surface area contributed by atoms with Crippen LogP contribution < -0.4 is 0 Å². The third kappa shape index (κ3) is 12800. The molecule has 0 aliphatic carbocycles. The molecule has 0 saturated heterocycles. The van der Waals surface area contributed by atoms with Gasteiger partial charge in [-0.2, -0.15) is 0 Å². The quantitative estimate of drug-likeness (QED) is 0.218. The van der Waals surface area contributed by atoms with Crippen molar-refractivity contribution in [1.82, 2.24) is 0 Å². The minimum absolute atomic E-state index is 0.125. The van der Waals surface area contributed by atoms with Crippen molar-refractivity contribution in [3.8, 4) is 0 Å². The number of allylic oxidation sites excluding steroid dienone is 8. The Labute approximate surface area is 308 Å². The second kappa shape index (κ2) is 1260. The van der Waals surface area contributed by atoms with Gasteiger partial charge in [-0.15, -0.1) is 158 Å². The van der Waals surface area contributed by atoms with Gasteiger partial charge in [-0.05, 0) is 55.4 Å². The molecule has 0 rings (SSSR count). The van der Waals surface area contributed by atoms with Crippen LogP contribution in [-0.4, -0.2) is 46.9 Å². The van der Waals surface area contributed by atoms with Crippen LogP contribution in [0.2, 0.25) is 0 Å². The minimum Gasteiger partial charge on any atom is -0.394 e. The van der Waals surface area contributed by atoms with Crippen LogP contribution in [0.5, 0.6) is 0 Å². The largest absolute Gasteiger partial charge is 0.394 e. The molecule has 0 radical (unpaired) electrons. The van der Waals surface area contributed by atoms with Gasteiger partial charge in [0.05, 0.1) is 26.4 Å². The van der Waals surface area contributed by atoms with Gasteiger partial charge in [0.2, 0.25) is 0 Å². The molecule has 4 heteroatoms. The first-order valence-corrected chi connectivity index (χ1v) is 14.1. The van der Waals surface area contributed by atoms with E-state index in [0.717, 1.165) is 0 Å². The molecule has 0 aromatic rings. The summed E-state index contributed by atoms with van der Waals surface area (Å²) in [5, 5.41) is 30.5. The van der Waals surface area contributed by atoms with E-state index < -0.39 is 0 Å². The lowest BCUT2D eigenvalue weighted by atomic mass is 10.8. The third-order valence-electron chi connectivity index (χ3n) is 0.200. The Balaban J connectivity index is -0.0000000125. The summed E-state index contributed by atoms with van der Waals surface area (Å²) >= 11 is 0. The fraction of sp³-hybridized carbons (Fsp3) is 0.273. The Morgan fingerprint density at radius 3 is 0.250 bits per heavy atom. The van der Waals surface area contributed by atoms with E-state index in [4.69, 9.17) is 20.4 Å². The fourth-order valence-corrected chi connectivity index (χ4v) is 0. The van der Waals surface area contributed by atoms with Crippen LogP contribution in [0.4, 0.5) is 0 Å². The molecule has 0 spiro atoms. The molecule has 0 fully saturated rings. The maximum absolute atomic E-state index is 7.62. The zero-order chi connectivity index (χ0) is 44.5. The lowest BCUT2D eigenvalue weighted by molar-refractivity contribution is 0.186. The summed E-state index contributed by atoms with van der Waals surface area (Å²) in [6.45, 7) is 89.5. The van der Waals surface area contributed by atoms with Crippen LogP contribution in [0.1, 0.15) is 55.4 Å². The van der Waals surface area contributed by atoms with Crippen LogP contribution >= 0.6 is 0 Å². The van der Waals surface area contributed by atoms with Crippen molar-refractivity contribution in [1.29, 1.82) is 0 Å². The van der Waals surface area contributed by atoms with Crippen molar-refractivity contribution in [2.24, 2.45) is 0 Å². The second-order valence-electron chi connectivity index (χ2n) is 4.16. The molecule has 0 saturated carbocycles. The minimum atomic E-state index is -0.125. The fourth-order valence-electron chi connectivity index (χ4n) is 0. The standard InChI is InChI=1S/8C3H6.2C2H6O2.8C2H4/c8*1-3-2;2*3-1-2-4;8*1-2/h8*3H,1H2,2H3;2*3-4H,1-2H2;8*1-2H2. The van der Waals surface area contributed by atoms with Gasteiger partial charge >= 0.3 is 0 Å². The van der Waals surface area contributed by atoms with Crippen LogP contribution in [0.25, 0.3) is 0 Å². The normalized spacial score (nSPS) is 4.08. The van der Waals surface area contributed by atoms with E-state index in [-0.39, 0.29) is 26.4 Å². The van der Waals surface area contributed by atoms with Gasteiger partial charge in [0.1, 0.15) is 0 Å². The molecule has 292 valence electrons. The lowest BCUT2D eigenvalue weighted by Gasteiger charge is -1.70. The summed E-state index contributed by atoms with van der Waals surface area (Å²) in [6, 6.07) is 0. The predicted molar refractivity (Wildman–Crippen MR) is 245 cm³/mol. The van der Waals surface area contributed by atoms with Gasteiger partial charge in [0, 0.05) is 0 Å². The maximum Gasteiger partial charge on any atom is 0.0662 e. The summed E-state index contributed by atoms with van der Waals surface area (Å²) in [5.41, 5.74) is 0. The van der Waals surface area contributed by atoms with Gasteiger partial charge in [-0.1, -0.05) is 48.6 Å². The number of aliphatic hydroxyl groups excluding tert-OH is 4. The van der Waals surface area contributed by atoms with Crippen molar-refractivity contribution in [2.45, 2.75) is 55.4 Å². The highest BCUT2D eigenvalue weighted by Crippen LogP contribution is 1.41. The Morgan fingerprint density at radius 2 is 0.250 bits per heavy atom. The topological polar surface area (TPSA) is 80.9 Å². The summed E-state index contributed by atoms with van der Waals surface area (Å²) in [5.74, 6) is 0. The zero-order valence-corrected chi connectivity index (χ0v) is 34.2. The SMILES string of the molecule is C=C.C=C.C=C.C=C.C=C.C=C.C=C.C=C.C=CC.C=CC.C=CC.C=CC.C=CC.C=CC.C=CC.C=CC.OCCO.OCCO. The Morgan fingerprint density at radius 1 is 0.229 bits per heavy atom. The first kappa shape index (κ1) is 121. The first-order valence-electron chi connectivity index (χ1n) is 14.1. The van der Waals surface area contributed by atoms with E-state index in [9.17, 15) is 0 Å². The highest BCUT2D eigenvalue weighted by Gasteiger charge is 1.58. The smallest absolute Gasteiger partial charge is 0.0662 e. The monoisotopic (exact) mass is 685 g/mol. The van der Waals surface area contributed by atoms with E-state index in [1.165, 1.54) is 0 Å².